The lowest BCUT2D eigenvalue weighted by Gasteiger charge is -2.36. The largest absolute Gasteiger partial charge is 0.489 e. The van der Waals surface area contributed by atoms with Gasteiger partial charge in [0.15, 0.2) is 11.6 Å². The van der Waals surface area contributed by atoms with Crippen LogP contribution in [0.2, 0.25) is 5.02 Å². The van der Waals surface area contributed by atoms with Crippen LogP contribution in [0.25, 0.3) is 0 Å². The summed E-state index contributed by atoms with van der Waals surface area (Å²) in [6, 6.07) is 11.9. The van der Waals surface area contributed by atoms with Crippen LogP contribution in [0.1, 0.15) is 36.1 Å². The first kappa shape index (κ1) is 35.9. The second kappa shape index (κ2) is 15.9. The third-order valence-electron chi connectivity index (χ3n) is 8.38. The zero-order chi connectivity index (χ0) is 35.2. The molecule has 1 aliphatic rings. The molecule has 5 rings (SSSR count). The van der Waals surface area contributed by atoms with Crippen molar-refractivity contribution in [1.29, 1.82) is 0 Å². The highest BCUT2D eigenvalue weighted by Crippen LogP contribution is 2.30. The number of carbonyl (C=O) groups excluding carboxylic acids is 1. The first-order valence-electron chi connectivity index (χ1n) is 16.1. The first-order chi connectivity index (χ1) is 23.4. The fourth-order valence-corrected chi connectivity index (χ4v) is 5.97. The van der Waals surface area contributed by atoms with Crippen LogP contribution in [-0.2, 0) is 6.54 Å². The van der Waals surface area contributed by atoms with E-state index in [-0.39, 0.29) is 23.1 Å². The molecule has 0 unspecified atom stereocenters. The van der Waals surface area contributed by atoms with Gasteiger partial charge in [-0.3, -0.25) is 14.7 Å². The molecule has 0 spiro atoms. The van der Waals surface area contributed by atoms with Gasteiger partial charge in [0.2, 0.25) is 5.95 Å². The second-order valence-corrected chi connectivity index (χ2v) is 12.7. The number of benzene rings is 3. The average Bonchev–Trinajstić information content (AvgIpc) is 3.06. The number of rotatable bonds is 11. The third-order valence-corrected chi connectivity index (χ3v) is 8.79. The highest BCUT2D eigenvalue weighted by Gasteiger charge is 2.26. The Morgan fingerprint density at radius 2 is 1.65 bits per heavy atom. The van der Waals surface area contributed by atoms with E-state index in [4.69, 9.17) is 21.1 Å². The van der Waals surface area contributed by atoms with Gasteiger partial charge < -0.3 is 14.8 Å². The van der Waals surface area contributed by atoms with Gasteiger partial charge in [0.25, 0.3) is 0 Å². The summed E-state index contributed by atoms with van der Waals surface area (Å²) in [4.78, 5) is 28.1. The minimum Gasteiger partial charge on any atom is -0.489 e. The smallest absolute Gasteiger partial charge is 0.421 e. The van der Waals surface area contributed by atoms with Crippen molar-refractivity contribution >= 4 is 35.1 Å². The quantitative estimate of drug-likeness (QED) is 0.159. The molecule has 4 aromatic rings. The maximum absolute atomic E-state index is 15.0. The Balaban J connectivity index is 1.31. The van der Waals surface area contributed by atoms with E-state index in [9.17, 15) is 13.6 Å². The van der Waals surface area contributed by atoms with Crippen molar-refractivity contribution in [2.45, 2.75) is 47.2 Å². The standard InChI is InChI=1S/C36H40ClF3N6O3/c1-22(2)45-14-12-44(13-15-45)16-17-48-31-9-6-26(20-30(31)40)42-35-41-11-10-32(43-35)46(21-27-28(38)7-8-29(39)33(27)37)36(47)49-34-24(4)18-23(3)19-25(34)5/h6-11,18-20,22H,12-17,21H2,1-5H3,(H,41,42,43). The molecule has 0 aliphatic carbocycles. The molecular weight excluding hydrogens is 657 g/mol. The molecule has 49 heavy (non-hydrogen) atoms. The Morgan fingerprint density at radius 3 is 2.33 bits per heavy atom. The second-order valence-electron chi connectivity index (χ2n) is 12.3. The number of piperazine rings is 1. The van der Waals surface area contributed by atoms with Crippen LogP contribution in [0.5, 0.6) is 11.5 Å². The molecule has 1 aliphatic heterocycles. The number of ether oxygens (including phenoxy) is 2. The molecule has 1 fully saturated rings. The lowest BCUT2D eigenvalue weighted by Crippen LogP contribution is -2.49. The summed E-state index contributed by atoms with van der Waals surface area (Å²) in [5.74, 6) is -1.78. The summed E-state index contributed by atoms with van der Waals surface area (Å²) in [5, 5.41) is 2.45. The fourth-order valence-electron chi connectivity index (χ4n) is 5.75. The number of nitrogens with zero attached hydrogens (tertiary/aromatic N) is 5. The van der Waals surface area contributed by atoms with Crippen molar-refractivity contribution in [3.63, 3.8) is 0 Å². The van der Waals surface area contributed by atoms with Crippen molar-refractivity contribution in [3.05, 3.63) is 99.5 Å². The molecule has 1 N–H and O–H groups in total. The van der Waals surface area contributed by atoms with Gasteiger partial charge in [-0.25, -0.2) is 22.9 Å². The minimum absolute atomic E-state index is 0.000649. The minimum atomic E-state index is -0.909. The van der Waals surface area contributed by atoms with Gasteiger partial charge in [-0.1, -0.05) is 29.3 Å². The van der Waals surface area contributed by atoms with Gasteiger partial charge in [-0.2, -0.15) is 4.98 Å². The molecule has 0 atom stereocenters. The van der Waals surface area contributed by atoms with Gasteiger partial charge in [0.1, 0.15) is 29.8 Å². The van der Waals surface area contributed by atoms with Crippen LogP contribution in [0.4, 0.5) is 35.4 Å². The monoisotopic (exact) mass is 696 g/mol. The number of anilines is 3. The number of hydrogen-bond acceptors (Lipinski definition) is 8. The van der Waals surface area contributed by atoms with Crippen LogP contribution in [0.15, 0.2) is 54.7 Å². The molecular formula is C36H40ClF3N6O3. The highest BCUT2D eigenvalue weighted by atomic mass is 35.5. The Bertz CT molecular complexity index is 1780. The first-order valence-corrected chi connectivity index (χ1v) is 16.5. The van der Waals surface area contributed by atoms with Crippen LogP contribution in [-0.4, -0.2) is 71.2 Å². The Hall–Kier alpha value is -4.39. The molecule has 0 bridgehead atoms. The van der Waals surface area contributed by atoms with Crippen LogP contribution < -0.4 is 19.7 Å². The Kier molecular flexibility index (Phi) is 11.6. The molecule has 1 amide bonds. The van der Waals surface area contributed by atoms with E-state index in [2.05, 4.69) is 38.9 Å². The van der Waals surface area contributed by atoms with E-state index in [0.717, 1.165) is 48.8 Å². The van der Waals surface area contributed by atoms with Gasteiger partial charge in [0.05, 0.1) is 11.6 Å². The predicted octanol–water partition coefficient (Wildman–Crippen LogP) is 7.83. The molecule has 9 nitrogen and oxygen atoms in total. The number of hydrogen-bond donors (Lipinski definition) is 1. The normalized spacial score (nSPS) is 13.8. The van der Waals surface area contributed by atoms with Gasteiger partial charge in [-0.15, -0.1) is 0 Å². The van der Waals surface area contributed by atoms with Crippen molar-refractivity contribution < 1.29 is 27.4 Å². The van der Waals surface area contributed by atoms with E-state index in [1.165, 1.54) is 24.4 Å². The van der Waals surface area contributed by atoms with Crippen LogP contribution in [0.3, 0.4) is 0 Å². The van der Waals surface area contributed by atoms with Crippen molar-refractivity contribution in [2.75, 3.05) is 49.5 Å². The summed E-state index contributed by atoms with van der Waals surface area (Å²) in [5.41, 5.74) is 2.47. The number of aromatic nitrogens is 2. The maximum Gasteiger partial charge on any atom is 0.421 e. The summed E-state index contributed by atoms with van der Waals surface area (Å²) in [7, 11) is 0. The van der Waals surface area contributed by atoms with Gasteiger partial charge >= 0.3 is 6.09 Å². The zero-order valence-corrected chi connectivity index (χ0v) is 29.0. The Labute approximate surface area is 289 Å². The van der Waals surface area contributed by atoms with Crippen molar-refractivity contribution in [3.8, 4) is 11.5 Å². The molecule has 260 valence electrons. The summed E-state index contributed by atoms with van der Waals surface area (Å²) < 4.78 is 55.8. The van der Waals surface area contributed by atoms with Gasteiger partial charge in [-0.05, 0) is 76.1 Å². The van der Waals surface area contributed by atoms with E-state index in [1.807, 2.05) is 19.1 Å². The average molecular weight is 697 g/mol. The van der Waals surface area contributed by atoms with E-state index in [1.54, 1.807) is 19.9 Å². The maximum atomic E-state index is 15.0. The number of halogens is 4. The topological polar surface area (TPSA) is 83.1 Å². The molecule has 2 heterocycles. The molecule has 13 heteroatoms. The third kappa shape index (κ3) is 9.00. The van der Waals surface area contributed by atoms with Gasteiger partial charge in [0, 0.05) is 62.3 Å². The SMILES string of the molecule is Cc1cc(C)c(OC(=O)N(Cc2c(F)ccc(F)c2Cl)c2ccnc(Nc3ccc(OCCN4CCN(C(C)C)CC4)c(F)c3)n2)c(C)c1. The molecule has 1 aromatic heterocycles. The van der Waals surface area contributed by atoms with Crippen molar-refractivity contribution in [1.82, 2.24) is 19.8 Å². The van der Waals surface area contributed by atoms with Crippen LogP contribution >= 0.6 is 11.6 Å². The van der Waals surface area contributed by atoms with Crippen molar-refractivity contribution in [2.24, 2.45) is 0 Å². The number of carbonyl (C=O) groups is 1. The highest BCUT2D eigenvalue weighted by molar-refractivity contribution is 6.31. The molecule has 0 saturated carbocycles. The molecule has 0 radical (unpaired) electrons. The number of amides is 1. The summed E-state index contributed by atoms with van der Waals surface area (Å²) >= 11 is 6.13. The lowest BCUT2D eigenvalue weighted by atomic mass is 10.1. The summed E-state index contributed by atoms with van der Waals surface area (Å²) in [6.07, 6.45) is 0.458. The van der Waals surface area contributed by atoms with E-state index < -0.39 is 35.1 Å². The predicted molar refractivity (Wildman–Crippen MR) is 185 cm³/mol. The molecule has 3 aromatic carbocycles. The van der Waals surface area contributed by atoms with E-state index in [0.29, 0.717) is 41.8 Å². The number of nitrogens with one attached hydrogen (secondary N) is 1. The number of aryl methyl sites for hydroxylation is 3. The fraction of sp³-hybridized carbons (Fsp3) is 0.361. The Morgan fingerprint density at radius 1 is 0.959 bits per heavy atom. The summed E-state index contributed by atoms with van der Waals surface area (Å²) in [6.45, 7) is 14.3. The van der Waals surface area contributed by atoms with E-state index >= 15 is 4.39 Å². The zero-order valence-electron chi connectivity index (χ0n) is 28.2. The molecule has 1 saturated heterocycles. The van der Waals surface area contributed by atoms with Crippen LogP contribution in [0, 0.1) is 38.2 Å². The lowest BCUT2D eigenvalue weighted by molar-refractivity contribution is 0.0965.